The maximum Gasteiger partial charge on any atom is 0.256 e. The molecule has 1 aliphatic carbocycles. The Morgan fingerprint density at radius 3 is 2.94 bits per heavy atom. The summed E-state index contributed by atoms with van der Waals surface area (Å²) in [6.45, 7) is 0.888. The molecule has 2 heterocycles. The fraction of sp³-hybridized carbons (Fsp3) is 0.400. The molecule has 2 aromatic heterocycles. The van der Waals surface area contributed by atoms with Crippen molar-refractivity contribution in [2.24, 2.45) is 5.92 Å². The molecule has 7 heteroatoms. The predicted molar refractivity (Wildman–Crippen MR) is 63.2 cm³/mol. The maximum atomic E-state index is 5.85. The van der Waals surface area contributed by atoms with Crippen molar-refractivity contribution in [2.75, 3.05) is 11.9 Å². The number of nitrogens with zero attached hydrogens (tertiary/aromatic N) is 5. The molecule has 0 unspecified atom stereocenters. The molecule has 0 saturated heterocycles. The van der Waals surface area contributed by atoms with Crippen LogP contribution in [-0.4, -0.2) is 31.3 Å². The third-order valence-electron chi connectivity index (χ3n) is 2.55. The third kappa shape index (κ3) is 2.52. The van der Waals surface area contributed by atoms with Crippen LogP contribution in [-0.2, 0) is 0 Å². The second-order valence-corrected chi connectivity index (χ2v) is 4.34. The van der Waals surface area contributed by atoms with Gasteiger partial charge in [-0.15, -0.1) is 0 Å². The molecule has 1 fully saturated rings. The van der Waals surface area contributed by atoms with Crippen LogP contribution in [0.1, 0.15) is 12.8 Å². The second-order valence-electron chi connectivity index (χ2n) is 4.00. The Morgan fingerprint density at radius 2 is 2.24 bits per heavy atom. The van der Waals surface area contributed by atoms with Gasteiger partial charge in [0.25, 0.3) is 5.95 Å². The minimum Gasteiger partial charge on any atom is -0.354 e. The highest BCUT2D eigenvalue weighted by molar-refractivity contribution is 6.28. The first kappa shape index (κ1) is 10.5. The van der Waals surface area contributed by atoms with E-state index in [9.17, 15) is 0 Å². The Labute approximate surface area is 103 Å². The van der Waals surface area contributed by atoms with Crippen LogP contribution >= 0.6 is 11.6 Å². The first-order valence-electron chi connectivity index (χ1n) is 5.47. The first-order chi connectivity index (χ1) is 8.31. The van der Waals surface area contributed by atoms with E-state index in [1.54, 1.807) is 23.1 Å². The van der Waals surface area contributed by atoms with Crippen LogP contribution in [0, 0.1) is 5.92 Å². The van der Waals surface area contributed by atoms with Crippen molar-refractivity contribution in [3.63, 3.8) is 0 Å². The van der Waals surface area contributed by atoms with Crippen LogP contribution in [0.5, 0.6) is 0 Å². The number of halogens is 1. The minimum absolute atomic E-state index is 0.170. The van der Waals surface area contributed by atoms with E-state index < -0.39 is 0 Å². The molecule has 17 heavy (non-hydrogen) atoms. The van der Waals surface area contributed by atoms with Gasteiger partial charge in [0.2, 0.25) is 11.2 Å². The van der Waals surface area contributed by atoms with Crippen LogP contribution in [0.3, 0.4) is 0 Å². The molecular weight excluding hydrogens is 240 g/mol. The molecule has 1 saturated carbocycles. The standard InChI is InChI=1S/C10H11ClN6/c11-8-14-9(12-6-7-2-3-7)16-10(15-8)17-5-1-4-13-17/h1,4-5,7H,2-3,6H2,(H,12,14,15,16). The lowest BCUT2D eigenvalue weighted by Gasteiger charge is -2.05. The smallest absolute Gasteiger partial charge is 0.256 e. The first-order valence-corrected chi connectivity index (χ1v) is 5.84. The fourth-order valence-electron chi connectivity index (χ4n) is 1.47. The summed E-state index contributed by atoms with van der Waals surface area (Å²) in [4.78, 5) is 12.3. The molecule has 0 atom stereocenters. The Hall–Kier alpha value is -1.69. The Bertz CT molecular complexity index is 508. The number of rotatable bonds is 4. The summed E-state index contributed by atoms with van der Waals surface area (Å²) in [5, 5.41) is 7.39. The van der Waals surface area contributed by atoms with Gasteiger partial charge >= 0.3 is 0 Å². The molecular formula is C10H11ClN6. The van der Waals surface area contributed by atoms with E-state index in [0.717, 1.165) is 12.5 Å². The maximum absolute atomic E-state index is 5.85. The Kier molecular flexibility index (Phi) is 2.64. The number of hydrogen-bond donors (Lipinski definition) is 1. The van der Waals surface area contributed by atoms with Crippen LogP contribution in [0.15, 0.2) is 18.5 Å². The van der Waals surface area contributed by atoms with Gasteiger partial charge in [-0.1, -0.05) is 0 Å². The zero-order chi connectivity index (χ0) is 11.7. The molecule has 0 aromatic carbocycles. The monoisotopic (exact) mass is 250 g/mol. The van der Waals surface area contributed by atoms with Gasteiger partial charge in [-0.25, -0.2) is 4.68 Å². The van der Waals surface area contributed by atoms with E-state index in [2.05, 4.69) is 25.4 Å². The molecule has 1 aliphatic rings. The molecule has 1 N–H and O–H groups in total. The van der Waals surface area contributed by atoms with Crippen molar-refractivity contribution in [3.05, 3.63) is 23.7 Å². The summed E-state index contributed by atoms with van der Waals surface area (Å²) in [5.41, 5.74) is 0. The van der Waals surface area contributed by atoms with Crippen molar-refractivity contribution in [1.82, 2.24) is 24.7 Å². The van der Waals surface area contributed by atoms with E-state index in [1.165, 1.54) is 12.8 Å². The molecule has 0 bridgehead atoms. The summed E-state index contributed by atoms with van der Waals surface area (Å²) in [5.74, 6) is 1.68. The normalized spacial score (nSPS) is 14.9. The zero-order valence-corrected chi connectivity index (χ0v) is 9.80. The van der Waals surface area contributed by atoms with Gasteiger partial charge in [-0.3, -0.25) is 0 Å². The summed E-state index contributed by atoms with van der Waals surface area (Å²) in [7, 11) is 0. The van der Waals surface area contributed by atoms with E-state index >= 15 is 0 Å². The largest absolute Gasteiger partial charge is 0.354 e. The topological polar surface area (TPSA) is 68.5 Å². The molecule has 6 nitrogen and oxygen atoms in total. The molecule has 3 rings (SSSR count). The highest BCUT2D eigenvalue weighted by Crippen LogP contribution is 2.28. The van der Waals surface area contributed by atoms with Gasteiger partial charge in [0, 0.05) is 18.9 Å². The van der Waals surface area contributed by atoms with Crippen molar-refractivity contribution >= 4 is 17.5 Å². The quantitative estimate of drug-likeness (QED) is 0.891. The Morgan fingerprint density at radius 1 is 1.35 bits per heavy atom. The van der Waals surface area contributed by atoms with Gasteiger partial charge in [-0.2, -0.15) is 20.1 Å². The minimum atomic E-state index is 0.170. The number of nitrogens with one attached hydrogen (secondary N) is 1. The van der Waals surface area contributed by atoms with Gasteiger partial charge in [0.15, 0.2) is 0 Å². The van der Waals surface area contributed by atoms with Crippen molar-refractivity contribution in [2.45, 2.75) is 12.8 Å². The highest BCUT2D eigenvalue weighted by Gasteiger charge is 2.21. The van der Waals surface area contributed by atoms with Crippen molar-refractivity contribution in [1.29, 1.82) is 0 Å². The molecule has 0 aliphatic heterocycles. The van der Waals surface area contributed by atoms with Crippen LogP contribution < -0.4 is 5.32 Å². The van der Waals surface area contributed by atoms with Gasteiger partial charge in [0.1, 0.15) is 0 Å². The van der Waals surface area contributed by atoms with E-state index in [1.807, 2.05) is 0 Å². The highest BCUT2D eigenvalue weighted by atomic mass is 35.5. The summed E-state index contributed by atoms with van der Waals surface area (Å²) in [6, 6.07) is 1.80. The predicted octanol–water partition coefficient (Wildman–Crippen LogP) is 1.53. The van der Waals surface area contributed by atoms with Crippen LogP contribution in [0.4, 0.5) is 5.95 Å². The van der Waals surface area contributed by atoms with E-state index in [4.69, 9.17) is 11.6 Å². The molecule has 2 aromatic rings. The van der Waals surface area contributed by atoms with Crippen LogP contribution in [0.2, 0.25) is 5.28 Å². The third-order valence-corrected chi connectivity index (χ3v) is 2.72. The lowest BCUT2D eigenvalue weighted by Crippen LogP contribution is -2.11. The van der Waals surface area contributed by atoms with Gasteiger partial charge < -0.3 is 5.32 Å². The SMILES string of the molecule is Clc1nc(NCC2CC2)nc(-n2cccn2)n1. The van der Waals surface area contributed by atoms with Gasteiger partial charge in [0.05, 0.1) is 0 Å². The fourth-order valence-corrected chi connectivity index (χ4v) is 1.62. The summed E-state index contributed by atoms with van der Waals surface area (Å²) >= 11 is 5.85. The second kappa shape index (κ2) is 4.29. The molecule has 0 amide bonds. The average molecular weight is 251 g/mol. The van der Waals surface area contributed by atoms with E-state index in [0.29, 0.717) is 11.9 Å². The molecule has 0 radical (unpaired) electrons. The molecule has 0 spiro atoms. The van der Waals surface area contributed by atoms with Gasteiger partial charge in [-0.05, 0) is 36.4 Å². The van der Waals surface area contributed by atoms with Crippen LogP contribution in [0.25, 0.3) is 5.95 Å². The van der Waals surface area contributed by atoms with Crippen molar-refractivity contribution < 1.29 is 0 Å². The number of anilines is 1. The average Bonchev–Trinajstić information content (AvgIpc) is 2.98. The lowest BCUT2D eigenvalue weighted by molar-refractivity contribution is 0.789. The summed E-state index contributed by atoms with van der Waals surface area (Å²) < 4.78 is 1.55. The number of aromatic nitrogens is 5. The lowest BCUT2D eigenvalue weighted by atomic mass is 10.4. The zero-order valence-electron chi connectivity index (χ0n) is 9.04. The summed E-state index contributed by atoms with van der Waals surface area (Å²) in [6.07, 6.45) is 5.97. The van der Waals surface area contributed by atoms with E-state index in [-0.39, 0.29) is 5.28 Å². The van der Waals surface area contributed by atoms with Crippen molar-refractivity contribution in [3.8, 4) is 5.95 Å². The molecule has 88 valence electrons. The Balaban J connectivity index is 1.83. The number of hydrogen-bond acceptors (Lipinski definition) is 5.